The van der Waals surface area contributed by atoms with E-state index in [0.29, 0.717) is 5.82 Å². The minimum atomic E-state index is -0.892. The number of nitrogens with zero attached hydrogens (tertiary/aromatic N) is 5. The highest BCUT2D eigenvalue weighted by Crippen LogP contribution is 2.22. The molecule has 144 valence electrons. The molecule has 27 heavy (non-hydrogen) atoms. The van der Waals surface area contributed by atoms with Crippen LogP contribution in [0.2, 0.25) is 0 Å². The summed E-state index contributed by atoms with van der Waals surface area (Å²) in [5, 5.41) is 0. The maximum absolute atomic E-state index is 11.5. The largest absolute Gasteiger partial charge is 0.383 e. The Kier molecular flexibility index (Phi) is 6.49. The number of hydrogen-bond donors (Lipinski definition) is 2. The maximum Gasteiger partial charge on any atom is 0.172 e. The molecule has 1 fully saturated rings. The highest BCUT2D eigenvalue weighted by Gasteiger charge is 2.17. The number of piperidine rings is 1. The highest BCUT2D eigenvalue weighted by molar-refractivity contribution is 7.80. The molecule has 4 rings (SSSR count). The fourth-order valence-corrected chi connectivity index (χ4v) is 3.88. The number of rotatable bonds is 3. The van der Waals surface area contributed by atoms with Gasteiger partial charge in [-0.3, -0.25) is 0 Å². The van der Waals surface area contributed by atoms with Gasteiger partial charge in [0.25, 0.3) is 0 Å². The number of hydrogen-bond acceptors (Lipinski definition) is 5. The molecular weight excluding hydrogens is 362 g/mol. The van der Waals surface area contributed by atoms with Gasteiger partial charge in [0, 0.05) is 45.1 Å². The highest BCUT2D eigenvalue weighted by atomic mass is 32.2. The Morgan fingerprint density at radius 3 is 2.67 bits per heavy atom. The molecule has 0 aromatic carbocycles. The molecule has 3 aromatic rings. The zero-order chi connectivity index (χ0) is 19.2. The molecule has 0 spiro atoms. The number of H-pyrrole nitrogens is 1. The predicted octanol–water partition coefficient (Wildman–Crippen LogP) is 2.21. The zero-order valence-corrected chi connectivity index (χ0v) is 16.4. The molecule has 3 N–H and O–H groups in total. The van der Waals surface area contributed by atoms with Crippen LogP contribution in [-0.4, -0.2) is 59.9 Å². The van der Waals surface area contributed by atoms with E-state index in [1.165, 1.54) is 19.3 Å². The van der Waals surface area contributed by atoms with Gasteiger partial charge in [-0.1, -0.05) is 6.42 Å². The lowest BCUT2D eigenvalue weighted by Crippen LogP contribution is -2.37. The van der Waals surface area contributed by atoms with Crippen LogP contribution in [0.5, 0.6) is 0 Å². The van der Waals surface area contributed by atoms with E-state index in [1.54, 1.807) is 22.9 Å². The summed E-state index contributed by atoms with van der Waals surface area (Å²) in [7, 11) is 3.70. The van der Waals surface area contributed by atoms with Gasteiger partial charge in [0.05, 0.1) is 11.9 Å². The Bertz CT molecular complexity index is 905. The molecule has 1 saturated heterocycles. The van der Waals surface area contributed by atoms with Crippen LogP contribution in [0.3, 0.4) is 0 Å². The van der Waals surface area contributed by atoms with Crippen molar-refractivity contribution in [2.24, 2.45) is 0 Å². The first-order valence-corrected chi connectivity index (χ1v) is 9.98. The number of pyridine rings is 1. The molecule has 0 bridgehead atoms. The first-order valence-electron chi connectivity index (χ1n) is 8.91. The molecular formula is C18H25N7OS. The van der Waals surface area contributed by atoms with Crippen LogP contribution in [0.4, 0.5) is 5.82 Å². The molecule has 1 aliphatic rings. The van der Waals surface area contributed by atoms with E-state index in [0.717, 1.165) is 35.5 Å². The van der Waals surface area contributed by atoms with Gasteiger partial charge < -0.3 is 10.7 Å². The summed E-state index contributed by atoms with van der Waals surface area (Å²) in [6.07, 6.45) is 8.83. The van der Waals surface area contributed by atoms with E-state index in [9.17, 15) is 4.21 Å². The van der Waals surface area contributed by atoms with Crippen LogP contribution in [-0.2, 0) is 11.2 Å². The number of anilines is 1. The first-order chi connectivity index (χ1) is 13.1. The second-order valence-corrected chi connectivity index (χ2v) is 8.14. The van der Waals surface area contributed by atoms with Crippen LogP contribution < -0.4 is 5.73 Å². The maximum atomic E-state index is 11.5. The standard InChI is InChI=1S/C11H9N5.C7H16N2OS/c12-10-7(2-1-4-13-10)9-6-15-11-8(16-9)3-5-14-11;1-8(2)11(10)9-6-4-3-5-7-9/h1-6H,(H2,12,13)(H,14,15);3-7H2,1-2H3. The van der Waals surface area contributed by atoms with Gasteiger partial charge in [-0.15, -0.1) is 0 Å². The van der Waals surface area contributed by atoms with Crippen molar-refractivity contribution >= 4 is 28.2 Å². The van der Waals surface area contributed by atoms with Crippen molar-refractivity contribution < 1.29 is 4.21 Å². The van der Waals surface area contributed by atoms with Crippen molar-refractivity contribution in [1.29, 1.82) is 0 Å². The van der Waals surface area contributed by atoms with E-state index in [2.05, 4.69) is 19.9 Å². The average molecular weight is 388 g/mol. The van der Waals surface area contributed by atoms with Crippen molar-refractivity contribution in [3.63, 3.8) is 0 Å². The topological polar surface area (TPSA) is 104 Å². The van der Waals surface area contributed by atoms with Crippen LogP contribution in [0.1, 0.15) is 19.3 Å². The van der Waals surface area contributed by atoms with Crippen LogP contribution in [0.25, 0.3) is 22.4 Å². The molecule has 3 aromatic heterocycles. The Labute approximate surface area is 161 Å². The van der Waals surface area contributed by atoms with Gasteiger partial charge in [-0.25, -0.2) is 27.8 Å². The molecule has 0 radical (unpaired) electrons. The molecule has 0 amide bonds. The van der Waals surface area contributed by atoms with Crippen molar-refractivity contribution in [1.82, 2.24) is 28.5 Å². The van der Waals surface area contributed by atoms with Crippen molar-refractivity contribution in [2.75, 3.05) is 32.9 Å². The summed E-state index contributed by atoms with van der Waals surface area (Å²) in [5.41, 5.74) is 8.91. The van der Waals surface area contributed by atoms with E-state index in [-0.39, 0.29) is 0 Å². The lowest BCUT2D eigenvalue weighted by Gasteiger charge is -2.27. The monoisotopic (exact) mass is 387 g/mol. The van der Waals surface area contributed by atoms with Crippen LogP contribution in [0, 0.1) is 0 Å². The summed E-state index contributed by atoms with van der Waals surface area (Å²) in [6, 6.07) is 5.58. The van der Waals surface area contributed by atoms with E-state index >= 15 is 0 Å². The van der Waals surface area contributed by atoms with E-state index in [4.69, 9.17) is 5.73 Å². The Morgan fingerprint density at radius 1 is 1.19 bits per heavy atom. The fourth-order valence-electron chi connectivity index (χ4n) is 2.85. The van der Waals surface area contributed by atoms with Gasteiger partial charge in [0.1, 0.15) is 11.3 Å². The molecule has 9 heteroatoms. The zero-order valence-electron chi connectivity index (χ0n) is 15.6. The third kappa shape index (κ3) is 4.88. The second kappa shape index (κ2) is 9.03. The third-order valence-electron chi connectivity index (χ3n) is 4.22. The van der Waals surface area contributed by atoms with Crippen molar-refractivity contribution in [3.8, 4) is 11.3 Å². The summed E-state index contributed by atoms with van der Waals surface area (Å²) >= 11 is -0.892. The lowest BCUT2D eigenvalue weighted by atomic mass is 10.2. The summed E-state index contributed by atoms with van der Waals surface area (Å²) in [5.74, 6) is 0.465. The van der Waals surface area contributed by atoms with Gasteiger partial charge in [-0.05, 0) is 31.0 Å². The molecule has 1 unspecified atom stereocenters. The van der Waals surface area contributed by atoms with Crippen molar-refractivity contribution in [2.45, 2.75) is 19.3 Å². The average Bonchev–Trinajstić information content (AvgIpc) is 3.16. The fraction of sp³-hybridized carbons (Fsp3) is 0.389. The van der Waals surface area contributed by atoms with Crippen molar-refractivity contribution in [3.05, 3.63) is 36.8 Å². The van der Waals surface area contributed by atoms with Gasteiger partial charge in [0.2, 0.25) is 0 Å². The molecule has 1 atom stereocenters. The van der Waals surface area contributed by atoms with E-state index in [1.807, 2.05) is 36.6 Å². The Morgan fingerprint density at radius 2 is 1.96 bits per heavy atom. The quantitative estimate of drug-likeness (QED) is 0.717. The molecule has 4 heterocycles. The van der Waals surface area contributed by atoms with Gasteiger partial charge >= 0.3 is 0 Å². The molecule has 0 saturated carbocycles. The smallest absolute Gasteiger partial charge is 0.172 e. The third-order valence-corrected chi connectivity index (χ3v) is 5.66. The number of nitrogens with one attached hydrogen (secondary N) is 1. The number of aromatic nitrogens is 4. The number of aromatic amines is 1. The molecule has 8 nitrogen and oxygen atoms in total. The van der Waals surface area contributed by atoms with Crippen LogP contribution >= 0.6 is 0 Å². The summed E-state index contributed by atoms with van der Waals surface area (Å²) in [4.78, 5) is 15.7. The normalized spacial score (nSPS) is 16.1. The lowest BCUT2D eigenvalue weighted by molar-refractivity contribution is 0.350. The number of nitrogens with two attached hydrogens (primary N) is 1. The number of fused-ring (bicyclic) bond motifs is 1. The Balaban J connectivity index is 0.000000168. The predicted molar refractivity (Wildman–Crippen MR) is 109 cm³/mol. The molecule has 0 aliphatic carbocycles. The van der Waals surface area contributed by atoms with E-state index < -0.39 is 11.2 Å². The van der Waals surface area contributed by atoms with Gasteiger partial charge in [0.15, 0.2) is 16.8 Å². The van der Waals surface area contributed by atoms with Crippen LogP contribution in [0.15, 0.2) is 36.8 Å². The minimum absolute atomic E-state index is 0.465. The second-order valence-electron chi connectivity index (χ2n) is 6.44. The molecule has 1 aliphatic heterocycles. The number of nitrogen functional groups attached to an aromatic ring is 1. The minimum Gasteiger partial charge on any atom is -0.383 e. The summed E-state index contributed by atoms with van der Waals surface area (Å²) < 4.78 is 15.2. The SMILES string of the molecule is CN(C)S(=O)N1CCCCC1.Nc1ncccc1-c1cnc2[nH]ccc2n1. The first kappa shape index (κ1) is 19.4. The Hall–Kier alpha value is -2.36. The summed E-state index contributed by atoms with van der Waals surface area (Å²) in [6.45, 7) is 1.98. The van der Waals surface area contributed by atoms with Gasteiger partial charge in [-0.2, -0.15) is 0 Å².